The third-order valence-electron chi connectivity index (χ3n) is 7.75. The molecule has 1 aromatic heterocycles. The van der Waals surface area contributed by atoms with Crippen molar-refractivity contribution < 1.29 is 43.0 Å². The zero-order valence-electron chi connectivity index (χ0n) is 25.0. The normalized spacial score (nSPS) is 18.8. The van der Waals surface area contributed by atoms with Gasteiger partial charge in [-0.05, 0) is 61.4 Å². The van der Waals surface area contributed by atoms with Crippen molar-refractivity contribution in [1.29, 1.82) is 0 Å². The summed E-state index contributed by atoms with van der Waals surface area (Å²) in [5.74, 6) is -4.04. The lowest BCUT2D eigenvalue weighted by Gasteiger charge is -2.28. The van der Waals surface area contributed by atoms with Crippen LogP contribution in [0.25, 0.3) is 0 Å². The molecule has 0 spiro atoms. The second kappa shape index (κ2) is 12.6. The number of nitrogens with zero attached hydrogens (tertiary/aromatic N) is 2. The van der Waals surface area contributed by atoms with Gasteiger partial charge in [-0.1, -0.05) is 48.5 Å². The minimum absolute atomic E-state index is 0.0337. The van der Waals surface area contributed by atoms with Crippen LogP contribution in [0, 0.1) is 12.8 Å². The third-order valence-corrected chi connectivity index (χ3v) is 9.01. The lowest BCUT2D eigenvalue weighted by molar-refractivity contribution is -0.126. The molecule has 0 N–H and O–H groups in total. The number of hydroxylamine groups is 1. The van der Waals surface area contributed by atoms with Gasteiger partial charge in [0, 0.05) is 0 Å². The predicted octanol–water partition coefficient (Wildman–Crippen LogP) is 5.29. The molecule has 0 radical (unpaired) electrons. The molecule has 0 aliphatic carbocycles. The van der Waals surface area contributed by atoms with Crippen LogP contribution in [0.15, 0.2) is 84.9 Å². The Morgan fingerprint density at radius 1 is 0.848 bits per heavy atom. The molecule has 3 aromatic carbocycles. The molecule has 46 heavy (non-hydrogen) atoms. The Morgan fingerprint density at radius 3 is 2.13 bits per heavy atom. The van der Waals surface area contributed by atoms with E-state index in [1.165, 1.54) is 19.1 Å². The standard InChI is InChI=1S/C34H28N2O9S/c1-4-43-34(41)28-19(2)24(33(40)42-3)31(46-28)35-29(37)25-26(36(45-27(25)30(35)38)22-13-9-6-10-14-22)20-15-17-23(18-16-20)44-32(39)21-11-7-5-8-12-21/h5-18,25-27H,4H2,1-3H3/t25-,26-,27+/m0/s1. The maximum absolute atomic E-state index is 14.3. The number of anilines is 2. The van der Waals surface area contributed by atoms with Crippen LogP contribution in [0.4, 0.5) is 10.7 Å². The number of thiophene rings is 1. The Morgan fingerprint density at radius 2 is 1.50 bits per heavy atom. The Bertz CT molecular complexity index is 1820. The van der Waals surface area contributed by atoms with Crippen molar-refractivity contribution in [2.75, 3.05) is 23.7 Å². The summed E-state index contributed by atoms with van der Waals surface area (Å²) in [6.45, 7) is 3.28. The molecule has 12 heteroatoms. The van der Waals surface area contributed by atoms with Gasteiger partial charge in [-0.15, -0.1) is 11.3 Å². The Labute approximate surface area is 267 Å². The van der Waals surface area contributed by atoms with E-state index in [-0.39, 0.29) is 33.4 Å². The van der Waals surface area contributed by atoms with Crippen molar-refractivity contribution >= 4 is 51.7 Å². The van der Waals surface area contributed by atoms with Crippen LogP contribution in [-0.4, -0.2) is 49.5 Å². The second-order valence-corrected chi connectivity index (χ2v) is 11.4. The van der Waals surface area contributed by atoms with E-state index >= 15 is 0 Å². The number of methoxy groups -OCH3 is 1. The number of hydrogen-bond acceptors (Lipinski definition) is 11. The number of benzene rings is 3. The van der Waals surface area contributed by atoms with Crippen molar-refractivity contribution in [2.45, 2.75) is 26.0 Å². The summed E-state index contributed by atoms with van der Waals surface area (Å²) in [6, 6.07) is 23.4. The minimum Gasteiger partial charge on any atom is -0.465 e. The number of amides is 2. The number of hydrogen-bond donors (Lipinski definition) is 0. The molecule has 0 bridgehead atoms. The number of carbonyl (C=O) groups is 5. The summed E-state index contributed by atoms with van der Waals surface area (Å²) in [6.07, 6.45) is -1.23. The SMILES string of the molecule is CCOC(=O)c1sc(N2C(=O)[C@@H]3[C@@H](ON(c4ccccc4)[C@H]3c3ccc(OC(=O)c4ccccc4)cc3)C2=O)c(C(=O)OC)c1C. The van der Waals surface area contributed by atoms with E-state index in [2.05, 4.69) is 0 Å². The molecule has 2 aliphatic heterocycles. The fourth-order valence-corrected chi connectivity index (χ4v) is 6.82. The van der Waals surface area contributed by atoms with Gasteiger partial charge in [-0.2, -0.15) is 0 Å². The van der Waals surface area contributed by atoms with Gasteiger partial charge in [-0.25, -0.2) is 24.3 Å². The molecule has 234 valence electrons. The van der Waals surface area contributed by atoms with Crippen molar-refractivity contribution in [2.24, 2.45) is 5.92 Å². The fourth-order valence-electron chi connectivity index (χ4n) is 5.62. The van der Waals surface area contributed by atoms with E-state index in [4.69, 9.17) is 19.0 Å². The molecule has 6 rings (SSSR count). The highest BCUT2D eigenvalue weighted by Crippen LogP contribution is 2.50. The molecular formula is C34H28N2O9S. The molecule has 3 atom stereocenters. The first-order chi connectivity index (χ1) is 22.2. The number of rotatable bonds is 8. The summed E-state index contributed by atoms with van der Waals surface area (Å²) in [4.78, 5) is 73.7. The Balaban J connectivity index is 1.37. The molecule has 2 fully saturated rings. The Kier molecular flexibility index (Phi) is 8.39. The van der Waals surface area contributed by atoms with Gasteiger partial charge in [0.15, 0.2) is 6.10 Å². The van der Waals surface area contributed by atoms with Crippen LogP contribution >= 0.6 is 11.3 Å². The summed E-state index contributed by atoms with van der Waals surface area (Å²) < 4.78 is 15.6. The van der Waals surface area contributed by atoms with Gasteiger partial charge in [-0.3, -0.25) is 14.4 Å². The number of fused-ring (bicyclic) bond motifs is 1. The summed E-state index contributed by atoms with van der Waals surface area (Å²) in [5.41, 5.74) is 1.79. The van der Waals surface area contributed by atoms with Crippen LogP contribution in [-0.2, 0) is 23.9 Å². The second-order valence-electron chi connectivity index (χ2n) is 10.4. The van der Waals surface area contributed by atoms with Crippen LogP contribution in [0.1, 0.15) is 54.5 Å². The van der Waals surface area contributed by atoms with Crippen LogP contribution in [0.3, 0.4) is 0 Å². The van der Waals surface area contributed by atoms with Gasteiger partial charge < -0.3 is 14.2 Å². The highest BCUT2D eigenvalue weighted by molar-refractivity contribution is 7.19. The highest BCUT2D eigenvalue weighted by Gasteiger charge is 2.61. The van der Waals surface area contributed by atoms with E-state index < -0.39 is 47.8 Å². The summed E-state index contributed by atoms with van der Waals surface area (Å²) >= 11 is 0.813. The number of para-hydroxylation sites is 1. The molecule has 0 saturated carbocycles. The van der Waals surface area contributed by atoms with Crippen molar-refractivity contribution in [3.63, 3.8) is 0 Å². The average molecular weight is 641 g/mol. The first-order valence-corrected chi connectivity index (χ1v) is 15.2. The number of carbonyl (C=O) groups excluding carboxylic acids is 5. The average Bonchev–Trinajstić information content (AvgIpc) is 3.71. The molecule has 2 aliphatic rings. The monoisotopic (exact) mass is 640 g/mol. The molecule has 11 nitrogen and oxygen atoms in total. The van der Waals surface area contributed by atoms with E-state index in [1.807, 2.05) is 6.07 Å². The van der Waals surface area contributed by atoms with Gasteiger partial charge in [0.25, 0.3) is 5.91 Å². The molecule has 2 saturated heterocycles. The lowest BCUT2D eigenvalue weighted by atomic mass is 9.90. The summed E-state index contributed by atoms with van der Waals surface area (Å²) in [5, 5.41) is 1.49. The lowest BCUT2D eigenvalue weighted by Crippen LogP contribution is -2.37. The van der Waals surface area contributed by atoms with Crippen LogP contribution in [0.2, 0.25) is 0 Å². The van der Waals surface area contributed by atoms with E-state index in [0.717, 1.165) is 16.2 Å². The molecule has 3 heterocycles. The number of esters is 3. The minimum atomic E-state index is -1.23. The molecule has 0 unspecified atom stereocenters. The van der Waals surface area contributed by atoms with Crippen molar-refractivity contribution in [3.05, 3.63) is 112 Å². The van der Waals surface area contributed by atoms with E-state index in [9.17, 15) is 24.0 Å². The number of ether oxygens (including phenoxy) is 3. The highest BCUT2D eigenvalue weighted by atomic mass is 32.1. The molecule has 4 aromatic rings. The maximum atomic E-state index is 14.3. The maximum Gasteiger partial charge on any atom is 0.348 e. The number of imide groups is 1. The molecule has 2 amide bonds. The molecular weight excluding hydrogens is 612 g/mol. The summed E-state index contributed by atoms with van der Waals surface area (Å²) in [7, 11) is 1.17. The first-order valence-electron chi connectivity index (χ1n) is 14.4. The van der Waals surface area contributed by atoms with Gasteiger partial charge >= 0.3 is 17.9 Å². The predicted molar refractivity (Wildman–Crippen MR) is 167 cm³/mol. The van der Waals surface area contributed by atoms with E-state index in [0.29, 0.717) is 16.8 Å². The topological polar surface area (TPSA) is 129 Å². The zero-order chi connectivity index (χ0) is 32.5. The third kappa shape index (κ3) is 5.31. The quantitative estimate of drug-likeness (QED) is 0.142. The van der Waals surface area contributed by atoms with Crippen LogP contribution < -0.4 is 14.7 Å². The smallest absolute Gasteiger partial charge is 0.348 e. The van der Waals surface area contributed by atoms with Gasteiger partial charge in [0.05, 0.1) is 36.6 Å². The largest absolute Gasteiger partial charge is 0.465 e. The van der Waals surface area contributed by atoms with Gasteiger partial charge in [0.2, 0.25) is 5.91 Å². The Hall–Kier alpha value is -5.33. The van der Waals surface area contributed by atoms with Gasteiger partial charge in [0.1, 0.15) is 21.5 Å². The van der Waals surface area contributed by atoms with Crippen LogP contribution in [0.5, 0.6) is 5.75 Å². The zero-order valence-corrected chi connectivity index (χ0v) is 25.8. The first kappa shape index (κ1) is 30.7. The van der Waals surface area contributed by atoms with Crippen molar-refractivity contribution in [3.8, 4) is 5.75 Å². The van der Waals surface area contributed by atoms with E-state index in [1.54, 1.807) is 85.8 Å². The fraction of sp³-hybridized carbons (Fsp3) is 0.206. The van der Waals surface area contributed by atoms with Crippen molar-refractivity contribution in [1.82, 2.24) is 0 Å².